The molecule has 0 bridgehead atoms. The molecule has 1 aliphatic heterocycles. The maximum Gasteiger partial charge on any atom is 0.210 e. The van der Waals surface area contributed by atoms with Crippen molar-refractivity contribution in [3.05, 3.63) is 81.9 Å². The van der Waals surface area contributed by atoms with Crippen molar-refractivity contribution in [1.29, 1.82) is 0 Å². The lowest BCUT2D eigenvalue weighted by atomic mass is 9.91. The van der Waals surface area contributed by atoms with Crippen molar-refractivity contribution in [2.75, 3.05) is 5.75 Å². The molecule has 0 saturated heterocycles. The van der Waals surface area contributed by atoms with Gasteiger partial charge in [0.05, 0.1) is 10.9 Å². The third-order valence-electron chi connectivity index (χ3n) is 3.99. The van der Waals surface area contributed by atoms with Crippen LogP contribution in [-0.4, -0.2) is 17.3 Å². The minimum absolute atomic E-state index is 0.0470. The third-order valence-corrected chi connectivity index (χ3v) is 5.17. The number of allylic oxidation sites excluding steroid dienone is 2. The highest BCUT2D eigenvalue weighted by Crippen LogP contribution is 2.38. The summed E-state index contributed by atoms with van der Waals surface area (Å²) in [6.45, 7) is 0. The molecular weight excluding hydrogens is 294 g/mol. The highest BCUT2D eigenvalue weighted by molar-refractivity contribution is 8.04. The summed E-state index contributed by atoms with van der Waals surface area (Å²) in [5.74, 6) is 0.608. The van der Waals surface area contributed by atoms with Gasteiger partial charge in [0.25, 0.3) is 0 Å². The number of fused-ring (bicyclic) bond motifs is 1. The van der Waals surface area contributed by atoms with Crippen molar-refractivity contribution in [1.82, 2.24) is 5.32 Å². The molecule has 2 aromatic rings. The average Bonchev–Trinajstić information content (AvgIpc) is 2.60. The van der Waals surface area contributed by atoms with Crippen LogP contribution in [0.2, 0.25) is 0 Å². The first kappa shape index (κ1) is 13.3. The molecule has 4 heteroatoms. The lowest BCUT2D eigenvalue weighted by molar-refractivity contribution is 0.0973. The minimum Gasteiger partial charge on any atom is -0.373 e. The zero-order chi connectivity index (χ0) is 15.1. The average molecular weight is 307 g/mol. The minimum atomic E-state index is -0.0849. The van der Waals surface area contributed by atoms with Crippen molar-refractivity contribution < 1.29 is 9.59 Å². The first-order valence-electron chi connectivity index (χ1n) is 7.12. The Kier molecular flexibility index (Phi) is 3.12. The van der Waals surface area contributed by atoms with Crippen molar-refractivity contribution in [2.45, 2.75) is 6.04 Å². The molecule has 1 heterocycles. The lowest BCUT2D eigenvalue weighted by Gasteiger charge is -2.31. The van der Waals surface area contributed by atoms with Crippen molar-refractivity contribution in [2.24, 2.45) is 0 Å². The number of thioether (sulfide) groups is 1. The second kappa shape index (κ2) is 5.14. The van der Waals surface area contributed by atoms with Crippen LogP contribution >= 0.6 is 11.8 Å². The van der Waals surface area contributed by atoms with Gasteiger partial charge in [-0.3, -0.25) is 9.59 Å². The molecule has 2 aliphatic rings. The summed E-state index contributed by atoms with van der Waals surface area (Å²) >= 11 is 1.47. The zero-order valence-electron chi connectivity index (χ0n) is 11.7. The van der Waals surface area contributed by atoms with Gasteiger partial charge in [0.1, 0.15) is 5.70 Å². The maximum absolute atomic E-state index is 12.7. The fraction of sp³-hybridized carbons (Fsp3) is 0.111. The van der Waals surface area contributed by atoms with Gasteiger partial charge in [-0.2, -0.15) is 0 Å². The van der Waals surface area contributed by atoms with Crippen LogP contribution in [0.3, 0.4) is 0 Å². The third kappa shape index (κ3) is 1.99. The Labute approximate surface area is 132 Å². The molecule has 4 rings (SSSR count). The molecule has 0 amide bonds. The van der Waals surface area contributed by atoms with Crippen molar-refractivity contribution >= 4 is 23.3 Å². The number of carbonyl (C=O) groups excluding carboxylic acids is 2. The van der Waals surface area contributed by atoms with Gasteiger partial charge in [0.2, 0.25) is 11.6 Å². The van der Waals surface area contributed by atoms with Gasteiger partial charge in [-0.1, -0.05) is 54.6 Å². The lowest BCUT2D eigenvalue weighted by Crippen LogP contribution is -2.36. The van der Waals surface area contributed by atoms with Gasteiger partial charge >= 0.3 is 0 Å². The van der Waals surface area contributed by atoms with Crippen LogP contribution in [0.1, 0.15) is 32.3 Å². The summed E-state index contributed by atoms with van der Waals surface area (Å²) in [5, 5.41) is 3.28. The second-order valence-corrected chi connectivity index (χ2v) is 6.36. The predicted octanol–water partition coefficient (Wildman–Crippen LogP) is 3.35. The highest BCUT2D eigenvalue weighted by Gasteiger charge is 2.36. The highest BCUT2D eigenvalue weighted by atomic mass is 32.2. The number of benzene rings is 2. The van der Waals surface area contributed by atoms with E-state index in [2.05, 4.69) is 5.32 Å². The van der Waals surface area contributed by atoms with Crippen LogP contribution in [0.25, 0.3) is 0 Å². The van der Waals surface area contributed by atoms with Gasteiger partial charge in [-0.05, 0) is 5.56 Å². The van der Waals surface area contributed by atoms with E-state index in [0.717, 1.165) is 11.3 Å². The Hall–Kier alpha value is -2.33. The summed E-state index contributed by atoms with van der Waals surface area (Å²) in [6.07, 6.45) is 0. The molecule has 22 heavy (non-hydrogen) atoms. The SMILES string of the molecule is O=C1C2=C(SCC(c3ccccc3)N2)C(=O)c2ccccc21. The molecule has 108 valence electrons. The van der Waals surface area contributed by atoms with Crippen molar-refractivity contribution in [3.8, 4) is 0 Å². The van der Waals surface area contributed by atoms with Gasteiger partial charge in [0, 0.05) is 16.9 Å². The Balaban J connectivity index is 1.74. The number of nitrogens with one attached hydrogen (secondary N) is 1. The second-order valence-electron chi connectivity index (χ2n) is 5.33. The molecule has 1 N–H and O–H groups in total. The van der Waals surface area contributed by atoms with Gasteiger partial charge in [0.15, 0.2) is 0 Å². The van der Waals surface area contributed by atoms with E-state index in [1.807, 2.05) is 30.3 Å². The number of carbonyl (C=O) groups is 2. The molecule has 0 aromatic heterocycles. The quantitative estimate of drug-likeness (QED) is 0.877. The Morgan fingerprint density at radius 1 is 0.864 bits per heavy atom. The molecule has 1 atom stereocenters. The summed E-state index contributed by atoms with van der Waals surface area (Å²) in [4.78, 5) is 25.8. The molecule has 2 aromatic carbocycles. The number of hydrogen-bond donors (Lipinski definition) is 1. The standard InChI is InChI=1S/C18H13NO2S/c20-16-12-8-4-5-9-13(12)17(21)18-15(16)19-14(10-22-18)11-6-2-1-3-7-11/h1-9,14,19H,10H2. The van der Waals surface area contributed by atoms with E-state index in [0.29, 0.717) is 21.7 Å². The Morgan fingerprint density at radius 2 is 1.50 bits per heavy atom. The van der Waals surface area contributed by atoms with E-state index >= 15 is 0 Å². The Morgan fingerprint density at radius 3 is 2.23 bits per heavy atom. The van der Waals surface area contributed by atoms with Crippen LogP contribution in [0.15, 0.2) is 65.2 Å². The van der Waals surface area contributed by atoms with Gasteiger partial charge in [-0.15, -0.1) is 11.8 Å². The van der Waals surface area contributed by atoms with Crippen LogP contribution in [0.4, 0.5) is 0 Å². The van der Waals surface area contributed by atoms with E-state index < -0.39 is 0 Å². The Bertz CT molecular complexity index is 811. The molecule has 0 radical (unpaired) electrons. The summed E-state index contributed by atoms with van der Waals surface area (Å²) in [6, 6.07) is 17.1. The van der Waals surface area contributed by atoms with E-state index in [1.165, 1.54) is 11.8 Å². The number of Topliss-reactive ketones (excluding diaryl/α,β-unsaturated/α-hetero) is 2. The molecule has 1 unspecified atom stereocenters. The van der Waals surface area contributed by atoms with Crippen LogP contribution in [0, 0.1) is 0 Å². The van der Waals surface area contributed by atoms with Gasteiger partial charge < -0.3 is 5.32 Å². The summed E-state index contributed by atoms with van der Waals surface area (Å²) in [7, 11) is 0. The van der Waals surface area contributed by atoms with Crippen LogP contribution in [-0.2, 0) is 0 Å². The fourth-order valence-corrected chi connectivity index (χ4v) is 4.02. The largest absolute Gasteiger partial charge is 0.373 e. The van der Waals surface area contributed by atoms with E-state index in [1.54, 1.807) is 24.3 Å². The molecule has 0 fully saturated rings. The fourth-order valence-electron chi connectivity index (χ4n) is 2.87. The van der Waals surface area contributed by atoms with Crippen LogP contribution < -0.4 is 5.32 Å². The number of hydrogen-bond acceptors (Lipinski definition) is 4. The molecule has 0 saturated carbocycles. The van der Waals surface area contributed by atoms with Crippen LogP contribution in [0.5, 0.6) is 0 Å². The summed E-state index contributed by atoms with van der Waals surface area (Å²) in [5.41, 5.74) is 2.58. The molecule has 1 aliphatic carbocycles. The smallest absolute Gasteiger partial charge is 0.210 e. The molecule has 3 nitrogen and oxygen atoms in total. The van der Waals surface area contributed by atoms with Crippen molar-refractivity contribution in [3.63, 3.8) is 0 Å². The maximum atomic E-state index is 12.7. The number of ketones is 2. The first-order valence-corrected chi connectivity index (χ1v) is 8.11. The molecule has 0 spiro atoms. The predicted molar refractivity (Wildman–Crippen MR) is 86.9 cm³/mol. The van der Waals surface area contributed by atoms with E-state index in [4.69, 9.17) is 0 Å². The number of rotatable bonds is 1. The normalized spacial score (nSPS) is 20.3. The van der Waals surface area contributed by atoms with E-state index in [9.17, 15) is 9.59 Å². The monoisotopic (exact) mass is 307 g/mol. The van der Waals surface area contributed by atoms with Gasteiger partial charge in [-0.25, -0.2) is 0 Å². The van der Waals surface area contributed by atoms with E-state index in [-0.39, 0.29) is 17.6 Å². The topological polar surface area (TPSA) is 46.2 Å². The summed E-state index contributed by atoms with van der Waals surface area (Å²) < 4.78 is 0. The molecular formula is C18H13NO2S. The zero-order valence-corrected chi connectivity index (χ0v) is 12.5. The first-order chi connectivity index (χ1) is 10.8.